The number of hydrogen-bond acceptors (Lipinski definition) is 4. The second kappa shape index (κ2) is 6.93. The standard InChI is InChI=1S/C24H24ClN3O/c1-23(2)21(28-20-18-8-6-5-7-15(18)11-12-27-20)24(3,4)22(23)29-17-10-9-16(14-26)19(25)13-17/h5-13,21-22H,1-4H3,(H,27,28). The van der Waals surface area contributed by atoms with Crippen molar-refractivity contribution in [2.75, 3.05) is 5.32 Å². The Kier molecular flexibility index (Phi) is 4.67. The van der Waals surface area contributed by atoms with Crippen LogP contribution in [0.1, 0.15) is 33.3 Å². The van der Waals surface area contributed by atoms with Gasteiger partial charge >= 0.3 is 0 Å². The molecule has 3 aromatic rings. The van der Waals surface area contributed by atoms with Crippen molar-refractivity contribution in [3.05, 3.63) is 65.3 Å². The largest absolute Gasteiger partial charge is 0.489 e. The fraction of sp³-hybridized carbons (Fsp3) is 0.333. The van der Waals surface area contributed by atoms with Crippen molar-refractivity contribution < 1.29 is 4.74 Å². The molecule has 0 saturated heterocycles. The van der Waals surface area contributed by atoms with E-state index in [9.17, 15) is 0 Å². The van der Waals surface area contributed by atoms with Crippen molar-refractivity contribution in [3.63, 3.8) is 0 Å². The Balaban J connectivity index is 1.59. The van der Waals surface area contributed by atoms with Crippen LogP contribution in [-0.2, 0) is 0 Å². The van der Waals surface area contributed by atoms with Crippen LogP contribution in [0.15, 0.2) is 54.7 Å². The third kappa shape index (κ3) is 3.20. The monoisotopic (exact) mass is 405 g/mol. The maximum Gasteiger partial charge on any atom is 0.134 e. The van der Waals surface area contributed by atoms with Gasteiger partial charge in [0.1, 0.15) is 23.7 Å². The topological polar surface area (TPSA) is 57.9 Å². The van der Waals surface area contributed by atoms with Crippen LogP contribution in [0.4, 0.5) is 5.82 Å². The quantitative estimate of drug-likeness (QED) is 0.573. The number of nitriles is 1. The first-order chi connectivity index (χ1) is 13.7. The molecular formula is C24H24ClN3O. The highest BCUT2D eigenvalue weighted by molar-refractivity contribution is 6.31. The zero-order valence-corrected chi connectivity index (χ0v) is 17.8. The van der Waals surface area contributed by atoms with Crippen LogP contribution >= 0.6 is 11.6 Å². The number of ether oxygens (including phenoxy) is 1. The van der Waals surface area contributed by atoms with Gasteiger partial charge in [-0.25, -0.2) is 4.98 Å². The van der Waals surface area contributed by atoms with Crippen LogP contribution in [0.25, 0.3) is 10.8 Å². The van der Waals surface area contributed by atoms with Crippen LogP contribution in [0.5, 0.6) is 5.75 Å². The highest BCUT2D eigenvalue weighted by Crippen LogP contribution is 2.56. The second-order valence-corrected chi connectivity index (χ2v) is 9.26. The third-order valence-electron chi connectivity index (χ3n) is 6.11. The first-order valence-electron chi connectivity index (χ1n) is 9.71. The van der Waals surface area contributed by atoms with Gasteiger partial charge in [0.25, 0.3) is 0 Å². The number of anilines is 1. The molecule has 2 aromatic carbocycles. The SMILES string of the molecule is CC1(C)C(Nc2nccc3ccccc23)C(C)(C)C1Oc1ccc(C#N)c(Cl)c1. The summed E-state index contributed by atoms with van der Waals surface area (Å²) in [5.41, 5.74) is 0.179. The molecule has 0 aliphatic heterocycles. The summed E-state index contributed by atoms with van der Waals surface area (Å²) in [5.74, 6) is 1.58. The molecular weight excluding hydrogens is 382 g/mol. The van der Waals surface area contributed by atoms with Gasteiger partial charge in [-0.05, 0) is 23.6 Å². The molecule has 4 rings (SSSR count). The summed E-state index contributed by atoms with van der Waals surface area (Å²) in [7, 11) is 0. The number of nitrogens with zero attached hydrogens (tertiary/aromatic N) is 2. The average molecular weight is 406 g/mol. The molecule has 1 fully saturated rings. The molecule has 29 heavy (non-hydrogen) atoms. The van der Waals surface area contributed by atoms with Gasteiger partial charge in [-0.15, -0.1) is 0 Å². The van der Waals surface area contributed by atoms with E-state index < -0.39 is 0 Å². The summed E-state index contributed by atoms with van der Waals surface area (Å²) in [4.78, 5) is 4.60. The number of aromatic nitrogens is 1. The van der Waals surface area contributed by atoms with Crippen LogP contribution in [0, 0.1) is 22.2 Å². The summed E-state index contributed by atoms with van der Waals surface area (Å²) in [6, 6.07) is 17.8. The van der Waals surface area contributed by atoms with E-state index in [0.717, 1.165) is 11.2 Å². The maximum atomic E-state index is 9.08. The molecule has 148 valence electrons. The molecule has 0 bridgehead atoms. The molecule has 0 unspecified atom stereocenters. The fourth-order valence-electron chi connectivity index (χ4n) is 4.97. The molecule has 0 amide bonds. The van der Waals surface area contributed by atoms with E-state index in [0.29, 0.717) is 16.3 Å². The Morgan fingerprint density at radius 2 is 1.79 bits per heavy atom. The molecule has 4 nitrogen and oxygen atoms in total. The molecule has 1 aliphatic rings. The molecule has 1 aromatic heterocycles. The van der Waals surface area contributed by atoms with Gasteiger partial charge < -0.3 is 10.1 Å². The van der Waals surface area contributed by atoms with E-state index >= 15 is 0 Å². The van der Waals surface area contributed by atoms with Crippen LogP contribution < -0.4 is 10.1 Å². The van der Waals surface area contributed by atoms with Crippen LogP contribution in [0.2, 0.25) is 5.02 Å². The highest BCUT2D eigenvalue weighted by atomic mass is 35.5. The molecule has 1 saturated carbocycles. The van der Waals surface area contributed by atoms with Crippen molar-refractivity contribution in [1.29, 1.82) is 5.26 Å². The predicted octanol–water partition coefficient (Wildman–Crippen LogP) is 6.05. The van der Waals surface area contributed by atoms with E-state index in [2.05, 4.69) is 56.2 Å². The molecule has 1 aliphatic carbocycles. The van der Waals surface area contributed by atoms with Gasteiger partial charge in [0.05, 0.1) is 10.6 Å². The van der Waals surface area contributed by atoms with Gasteiger partial charge in [0, 0.05) is 34.5 Å². The van der Waals surface area contributed by atoms with Gasteiger partial charge in [-0.3, -0.25) is 0 Å². The summed E-state index contributed by atoms with van der Waals surface area (Å²) in [6.07, 6.45) is 1.82. The lowest BCUT2D eigenvalue weighted by Gasteiger charge is -2.63. The third-order valence-corrected chi connectivity index (χ3v) is 6.42. The number of pyridine rings is 1. The number of hydrogen-bond donors (Lipinski definition) is 1. The van der Waals surface area contributed by atoms with Gasteiger partial charge in [0.15, 0.2) is 0 Å². The van der Waals surface area contributed by atoms with Gasteiger partial charge in [-0.2, -0.15) is 5.26 Å². The number of rotatable bonds is 4. The Morgan fingerprint density at radius 1 is 1.07 bits per heavy atom. The number of benzene rings is 2. The second-order valence-electron chi connectivity index (χ2n) is 8.85. The zero-order valence-electron chi connectivity index (χ0n) is 17.0. The van der Waals surface area contributed by atoms with Crippen LogP contribution in [0.3, 0.4) is 0 Å². The molecule has 0 atom stereocenters. The number of nitrogens with one attached hydrogen (secondary N) is 1. The minimum Gasteiger partial charge on any atom is -0.489 e. The van der Waals surface area contributed by atoms with E-state index in [4.69, 9.17) is 21.6 Å². The molecule has 5 heteroatoms. The zero-order chi connectivity index (χ0) is 20.8. The lowest BCUT2D eigenvalue weighted by Crippen LogP contribution is -2.72. The summed E-state index contributed by atoms with van der Waals surface area (Å²) >= 11 is 6.18. The maximum absolute atomic E-state index is 9.08. The fourth-order valence-corrected chi connectivity index (χ4v) is 5.18. The molecule has 0 spiro atoms. The van der Waals surface area contributed by atoms with Crippen LogP contribution in [-0.4, -0.2) is 17.1 Å². The lowest BCUT2D eigenvalue weighted by atomic mass is 9.49. The smallest absolute Gasteiger partial charge is 0.134 e. The van der Waals surface area contributed by atoms with E-state index in [1.807, 2.05) is 30.5 Å². The summed E-state index contributed by atoms with van der Waals surface area (Å²) < 4.78 is 6.36. The Hall–Kier alpha value is -2.77. The minimum absolute atomic E-state index is 0.0218. The summed E-state index contributed by atoms with van der Waals surface area (Å²) in [6.45, 7) is 8.82. The van der Waals surface area contributed by atoms with E-state index in [-0.39, 0.29) is 23.0 Å². The minimum atomic E-state index is -0.136. The molecule has 0 radical (unpaired) electrons. The predicted molar refractivity (Wildman–Crippen MR) is 117 cm³/mol. The van der Waals surface area contributed by atoms with Crippen molar-refractivity contribution in [3.8, 4) is 11.8 Å². The number of fused-ring (bicyclic) bond motifs is 1. The van der Waals surface area contributed by atoms with Crippen molar-refractivity contribution in [2.24, 2.45) is 10.8 Å². The van der Waals surface area contributed by atoms with E-state index in [1.54, 1.807) is 12.1 Å². The normalized spacial score (nSPS) is 21.8. The lowest BCUT2D eigenvalue weighted by molar-refractivity contribution is -0.147. The van der Waals surface area contributed by atoms with Crippen molar-refractivity contribution >= 4 is 28.2 Å². The first kappa shape index (κ1) is 19.5. The summed E-state index contributed by atoms with van der Waals surface area (Å²) in [5, 5.41) is 15.5. The average Bonchev–Trinajstić information content (AvgIpc) is 2.70. The van der Waals surface area contributed by atoms with Crippen molar-refractivity contribution in [2.45, 2.75) is 39.8 Å². The number of halogens is 1. The van der Waals surface area contributed by atoms with Crippen molar-refractivity contribution in [1.82, 2.24) is 4.98 Å². The van der Waals surface area contributed by atoms with Gasteiger partial charge in [0.2, 0.25) is 0 Å². The highest BCUT2D eigenvalue weighted by Gasteiger charge is 2.63. The van der Waals surface area contributed by atoms with E-state index in [1.165, 1.54) is 5.39 Å². The first-order valence-corrected chi connectivity index (χ1v) is 10.1. The molecule has 1 N–H and O–H groups in total. The Bertz CT molecular complexity index is 1100. The molecule has 1 heterocycles. The van der Waals surface area contributed by atoms with Gasteiger partial charge in [-0.1, -0.05) is 63.6 Å². The Morgan fingerprint density at radius 3 is 2.48 bits per heavy atom. The Labute approximate surface area is 176 Å².